The molecule has 3 aliphatic rings. The molecule has 2 atom stereocenters. The Morgan fingerprint density at radius 2 is 1.67 bits per heavy atom. The molecule has 3 nitrogen and oxygen atoms in total. The van der Waals surface area contributed by atoms with Gasteiger partial charge in [-0.2, -0.15) is 0 Å². The number of nitrogens with two attached hydrogens (primary N) is 1. The van der Waals surface area contributed by atoms with Crippen LogP contribution in [0.25, 0.3) is 0 Å². The Morgan fingerprint density at radius 1 is 1.06 bits per heavy atom. The molecule has 102 valence electrons. The number of amides is 1. The van der Waals surface area contributed by atoms with Crippen molar-refractivity contribution in [1.29, 1.82) is 0 Å². The highest BCUT2D eigenvalue weighted by molar-refractivity contribution is 5.76. The minimum absolute atomic E-state index is 0.254. The second kappa shape index (κ2) is 5.20. The number of carbonyl (C=O) groups is 1. The summed E-state index contributed by atoms with van der Waals surface area (Å²) in [5.41, 5.74) is 6.12. The Morgan fingerprint density at radius 3 is 2.22 bits per heavy atom. The molecule has 3 heteroatoms. The van der Waals surface area contributed by atoms with Crippen molar-refractivity contribution in [2.75, 3.05) is 0 Å². The van der Waals surface area contributed by atoms with Crippen LogP contribution in [-0.2, 0) is 4.79 Å². The van der Waals surface area contributed by atoms with E-state index in [0.29, 0.717) is 18.4 Å². The molecule has 1 amide bonds. The summed E-state index contributed by atoms with van der Waals surface area (Å²) >= 11 is 0. The molecule has 0 bridgehead atoms. The van der Waals surface area contributed by atoms with Gasteiger partial charge in [0.15, 0.2) is 0 Å². The van der Waals surface area contributed by atoms with Crippen LogP contribution in [0.5, 0.6) is 0 Å². The third-order valence-electron chi connectivity index (χ3n) is 5.00. The predicted molar refractivity (Wildman–Crippen MR) is 71.9 cm³/mol. The largest absolute Gasteiger partial charge is 0.353 e. The van der Waals surface area contributed by atoms with Gasteiger partial charge >= 0.3 is 0 Å². The van der Waals surface area contributed by atoms with E-state index in [-0.39, 0.29) is 11.9 Å². The monoisotopic (exact) mass is 250 g/mol. The summed E-state index contributed by atoms with van der Waals surface area (Å²) in [7, 11) is 0. The van der Waals surface area contributed by atoms with E-state index in [0.717, 1.165) is 24.7 Å². The zero-order valence-electron chi connectivity index (χ0n) is 11.2. The second-order valence-corrected chi connectivity index (χ2v) is 6.68. The third kappa shape index (κ3) is 3.05. The summed E-state index contributed by atoms with van der Waals surface area (Å²) < 4.78 is 0. The van der Waals surface area contributed by atoms with Crippen LogP contribution in [-0.4, -0.2) is 18.0 Å². The third-order valence-corrected chi connectivity index (χ3v) is 5.00. The molecule has 0 aromatic carbocycles. The van der Waals surface area contributed by atoms with Gasteiger partial charge in [0, 0.05) is 18.5 Å². The number of nitrogens with one attached hydrogen (secondary N) is 1. The van der Waals surface area contributed by atoms with E-state index in [2.05, 4.69) is 5.32 Å². The number of rotatable bonds is 5. The van der Waals surface area contributed by atoms with Gasteiger partial charge in [-0.25, -0.2) is 0 Å². The van der Waals surface area contributed by atoms with E-state index >= 15 is 0 Å². The van der Waals surface area contributed by atoms with Crippen LogP contribution in [0.1, 0.15) is 57.8 Å². The van der Waals surface area contributed by atoms with Crippen molar-refractivity contribution in [2.45, 2.75) is 69.9 Å². The zero-order chi connectivity index (χ0) is 12.5. The fraction of sp³-hybridized carbons (Fsp3) is 0.933. The van der Waals surface area contributed by atoms with Crippen molar-refractivity contribution in [3.05, 3.63) is 0 Å². The molecule has 0 heterocycles. The first-order valence-electron chi connectivity index (χ1n) is 7.79. The van der Waals surface area contributed by atoms with E-state index in [4.69, 9.17) is 5.73 Å². The summed E-state index contributed by atoms with van der Waals surface area (Å²) in [6.45, 7) is 0. The van der Waals surface area contributed by atoms with Gasteiger partial charge in [0.25, 0.3) is 0 Å². The lowest BCUT2D eigenvalue weighted by atomic mass is 9.83. The van der Waals surface area contributed by atoms with Crippen LogP contribution in [0.3, 0.4) is 0 Å². The SMILES string of the molecule is NC1CCCCC1CC(=O)NC(C1CC1)C1CC1. The lowest BCUT2D eigenvalue weighted by Crippen LogP contribution is -2.42. The van der Waals surface area contributed by atoms with E-state index < -0.39 is 0 Å². The highest BCUT2D eigenvalue weighted by atomic mass is 16.1. The Kier molecular flexibility index (Phi) is 3.60. The highest BCUT2D eigenvalue weighted by Gasteiger charge is 2.42. The Labute approximate surface area is 110 Å². The van der Waals surface area contributed by atoms with Gasteiger partial charge in [-0.15, -0.1) is 0 Å². The summed E-state index contributed by atoms with van der Waals surface area (Å²) in [6, 6.07) is 0.752. The van der Waals surface area contributed by atoms with E-state index in [1.165, 1.54) is 38.5 Å². The van der Waals surface area contributed by atoms with E-state index in [1.807, 2.05) is 0 Å². The van der Waals surface area contributed by atoms with Crippen molar-refractivity contribution >= 4 is 5.91 Å². The Bertz CT molecular complexity index is 298. The molecule has 0 aromatic rings. The van der Waals surface area contributed by atoms with Gasteiger partial charge in [0.05, 0.1) is 0 Å². The quantitative estimate of drug-likeness (QED) is 0.786. The molecule has 0 aliphatic heterocycles. The maximum absolute atomic E-state index is 12.2. The number of hydrogen-bond donors (Lipinski definition) is 2. The van der Waals surface area contributed by atoms with Crippen LogP contribution < -0.4 is 11.1 Å². The summed E-state index contributed by atoms with van der Waals surface area (Å²) in [6.07, 6.45) is 10.7. The Hall–Kier alpha value is -0.570. The minimum atomic E-state index is 0.254. The average Bonchev–Trinajstić information content (AvgIpc) is 3.22. The van der Waals surface area contributed by atoms with Crippen LogP contribution in [0.4, 0.5) is 0 Å². The summed E-state index contributed by atoms with van der Waals surface area (Å²) in [4.78, 5) is 12.2. The summed E-state index contributed by atoms with van der Waals surface area (Å²) in [5, 5.41) is 3.31. The van der Waals surface area contributed by atoms with Gasteiger partial charge in [0.1, 0.15) is 0 Å². The maximum Gasteiger partial charge on any atom is 0.220 e. The minimum Gasteiger partial charge on any atom is -0.353 e. The first kappa shape index (κ1) is 12.5. The molecule has 18 heavy (non-hydrogen) atoms. The van der Waals surface area contributed by atoms with Gasteiger partial charge in [-0.1, -0.05) is 12.8 Å². The molecule has 0 saturated heterocycles. The normalized spacial score (nSPS) is 32.6. The molecule has 3 fully saturated rings. The molecule has 0 spiro atoms. The van der Waals surface area contributed by atoms with Crippen molar-refractivity contribution in [3.63, 3.8) is 0 Å². The average molecular weight is 250 g/mol. The van der Waals surface area contributed by atoms with Gasteiger partial charge in [-0.05, 0) is 56.3 Å². The zero-order valence-corrected chi connectivity index (χ0v) is 11.2. The van der Waals surface area contributed by atoms with Crippen LogP contribution in [0, 0.1) is 17.8 Å². The maximum atomic E-state index is 12.2. The van der Waals surface area contributed by atoms with Crippen LogP contribution in [0.2, 0.25) is 0 Å². The van der Waals surface area contributed by atoms with Crippen molar-refractivity contribution in [1.82, 2.24) is 5.32 Å². The highest BCUT2D eigenvalue weighted by Crippen LogP contribution is 2.44. The van der Waals surface area contributed by atoms with Crippen molar-refractivity contribution in [2.24, 2.45) is 23.5 Å². The molecule has 2 unspecified atom stereocenters. The number of carbonyl (C=O) groups excluding carboxylic acids is 1. The fourth-order valence-electron chi connectivity index (χ4n) is 3.50. The summed E-state index contributed by atoms with van der Waals surface area (Å²) in [5.74, 6) is 2.28. The van der Waals surface area contributed by atoms with Crippen molar-refractivity contribution < 1.29 is 4.79 Å². The van der Waals surface area contributed by atoms with Gasteiger partial charge in [0.2, 0.25) is 5.91 Å². The smallest absolute Gasteiger partial charge is 0.220 e. The molecule has 3 rings (SSSR count). The molecule has 3 N–H and O–H groups in total. The first-order valence-corrected chi connectivity index (χ1v) is 7.79. The lowest BCUT2D eigenvalue weighted by molar-refractivity contribution is -0.123. The number of hydrogen-bond acceptors (Lipinski definition) is 2. The van der Waals surface area contributed by atoms with Crippen molar-refractivity contribution in [3.8, 4) is 0 Å². The predicted octanol–water partition coefficient (Wildman–Crippen LogP) is 2.20. The molecule has 3 aliphatic carbocycles. The second-order valence-electron chi connectivity index (χ2n) is 6.68. The van der Waals surface area contributed by atoms with Crippen LogP contribution >= 0.6 is 0 Å². The molecule has 0 radical (unpaired) electrons. The standard InChI is InChI=1S/C15H26N2O/c16-13-4-2-1-3-12(13)9-14(18)17-15(10-5-6-10)11-7-8-11/h10-13,15H,1-9,16H2,(H,17,18). The molecule has 0 aromatic heterocycles. The van der Waals surface area contributed by atoms with E-state index in [1.54, 1.807) is 0 Å². The molecular formula is C15H26N2O. The first-order chi connectivity index (χ1) is 8.74. The van der Waals surface area contributed by atoms with E-state index in [9.17, 15) is 4.79 Å². The van der Waals surface area contributed by atoms with Crippen LogP contribution in [0.15, 0.2) is 0 Å². The molecular weight excluding hydrogens is 224 g/mol. The topological polar surface area (TPSA) is 55.1 Å². The molecule has 3 saturated carbocycles. The Balaban J connectivity index is 1.48. The lowest BCUT2D eigenvalue weighted by Gasteiger charge is -2.28. The fourth-order valence-corrected chi connectivity index (χ4v) is 3.50. The van der Waals surface area contributed by atoms with Gasteiger partial charge < -0.3 is 11.1 Å². The van der Waals surface area contributed by atoms with Gasteiger partial charge in [-0.3, -0.25) is 4.79 Å².